The van der Waals surface area contributed by atoms with Crippen molar-refractivity contribution in [3.8, 4) is 0 Å². The molecule has 2 N–H and O–H groups in total. The van der Waals surface area contributed by atoms with Crippen LogP contribution in [0.1, 0.15) is 43.9 Å². The first kappa shape index (κ1) is 19.6. The molecule has 1 saturated heterocycles. The van der Waals surface area contributed by atoms with Crippen LogP contribution in [0.5, 0.6) is 0 Å². The van der Waals surface area contributed by atoms with Crippen molar-refractivity contribution in [2.45, 2.75) is 32.7 Å². The lowest BCUT2D eigenvalue weighted by atomic mass is 9.94. The molecule has 1 aromatic rings. The number of hydrogen-bond acceptors (Lipinski definition) is 4. The van der Waals surface area contributed by atoms with Gasteiger partial charge in [-0.1, -0.05) is 38.1 Å². The topological polar surface area (TPSA) is 71.3 Å². The number of hydrogen-bond donors (Lipinski definition) is 2. The van der Waals surface area contributed by atoms with E-state index in [1.807, 2.05) is 24.3 Å². The first-order valence-corrected chi connectivity index (χ1v) is 9.66. The number of nitrogens with one attached hydrogen (secondary N) is 1. The Labute approximate surface area is 160 Å². The van der Waals surface area contributed by atoms with E-state index in [4.69, 9.17) is 4.74 Å². The second-order valence-corrected chi connectivity index (χ2v) is 7.65. The van der Waals surface area contributed by atoms with Crippen LogP contribution < -0.4 is 4.90 Å². The summed E-state index contributed by atoms with van der Waals surface area (Å²) in [6, 6.07) is 7.47. The van der Waals surface area contributed by atoms with E-state index in [1.165, 1.54) is 17.4 Å². The molecule has 1 aromatic carbocycles. The Bertz CT molecular complexity index is 733. The molecule has 0 aromatic heterocycles. The lowest BCUT2D eigenvalue weighted by Gasteiger charge is -2.30. The van der Waals surface area contributed by atoms with Gasteiger partial charge in [0, 0.05) is 0 Å². The van der Waals surface area contributed by atoms with Crippen molar-refractivity contribution in [2.75, 3.05) is 39.4 Å². The molecular formula is C21H29N2O4+. The second-order valence-electron chi connectivity index (χ2n) is 7.65. The highest BCUT2D eigenvalue weighted by Gasteiger charge is 2.42. The van der Waals surface area contributed by atoms with Gasteiger partial charge in [-0.05, 0) is 24.0 Å². The molecule has 3 rings (SSSR count). The van der Waals surface area contributed by atoms with Gasteiger partial charge in [0.05, 0.1) is 37.9 Å². The van der Waals surface area contributed by atoms with Crippen molar-refractivity contribution in [2.24, 2.45) is 0 Å². The number of morpholine rings is 1. The zero-order valence-corrected chi connectivity index (χ0v) is 16.3. The Hall–Kier alpha value is -2.18. The van der Waals surface area contributed by atoms with Crippen LogP contribution in [0.4, 0.5) is 0 Å². The van der Waals surface area contributed by atoms with E-state index in [1.54, 1.807) is 4.90 Å². The molecule has 2 heterocycles. The largest absolute Gasteiger partial charge is 0.503 e. The Kier molecular flexibility index (Phi) is 5.97. The highest BCUT2D eigenvalue weighted by molar-refractivity contribution is 6.08. The van der Waals surface area contributed by atoms with Crippen molar-refractivity contribution in [3.63, 3.8) is 0 Å². The van der Waals surface area contributed by atoms with E-state index in [9.17, 15) is 14.7 Å². The maximum absolute atomic E-state index is 12.7. The monoisotopic (exact) mass is 373 g/mol. The number of carbonyl (C=O) groups excluding carboxylic acids is 2. The summed E-state index contributed by atoms with van der Waals surface area (Å²) in [7, 11) is 0. The third kappa shape index (κ3) is 4.06. The molecule has 1 amide bonds. The predicted octanol–water partition coefficient (Wildman–Crippen LogP) is 1.01. The summed E-state index contributed by atoms with van der Waals surface area (Å²) in [5, 5.41) is 10.4. The minimum absolute atomic E-state index is 0.203. The molecule has 0 aliphatic carbocycles. The highest BCUT2D eigenvalue weighted by atomic mass is 16.5. The number of amides is 1. The summed E-state index contributed by atoms with van der Waals surface area (Å²) < 4.78 is 5.38. The van der Waals surface area contributed by atoms with E-state index >= 15 is 0 Å². The van der Waals surface area contributed by atoms with Gasteiger partial charge in [0.15, 0.2) is 11.5 Å². The van der Waals surface area contributed by atoms with E-state index in [-0.39, 0.29) is 11.4 Å². The Morgan fingerprint density at radius 1 is 1.26 bits per heavy atom. The van der Waals surface area contributed by atoms with Crippen molar-refractivity contribution in [1.29, 1.82) is 0 Å². The SMILES string of the molecule is CC(=O)C1=C(O)C(=O)N(CC[NH+]2CCOCC2)[C@H]1c1ccc(C(C)C)cc1. The van der Waals surface area contributed by atoms with Gasteiger partial charge in [-0.15, -0.1) is 0 Å². The van der Waals surface area contributed by atoms with E-state index in [0.29, 0.717) is 12.5 Å². The third-order valence-electron chi connectivity index (χ3n) is 5.51. The van der Waals surface area contributed by atoms with Crippen LogP contribution in [0, 0.1) is 0 Å². The number of quaternary nitrogens is 1. The molecule has 1 fully saturated rings. The summed E-state index contributed by atoms with van der Waals surface area (Å²) in [6.45, 7) is 10.2. The maximum atomic E-state index is 12.7. The summed E-state index contributed by atoms with van der Waals surface area (Å²) in [4.78, 5) is 27.9. The number of aliphatic hydroxyl groups is 1. The van der Waals surface area contributed by atoms with Gasteiger partial charge in [-0.3, -0.25) is 9.59 Å². The number of ketones is 1. The van der Waals surface area contributed by atoms with Crippen LogP contribution >= 0.6 is 0 Å². The number of aliphatic hydroxyl groups excluding tert-OH is 1. The van der Waals surface area contributed by atoms with Crippen LogP contribution in [0.2, 0.25) is 0 Å². The van der Waals surface area contributed by atoms with Crippen LogP contribution in [-0.4, -0.2) is 61.1 Å². The molecule has 0 radical (unpaired) electrons. The van der Waals surface area contributed by atoms with Crippen molar-refractivity contribution in [1.82, 2.24) is 4.90 Å². The number of nitrogens with zero attached hydrogens (tertiary/aromatic N) is 1. The molecule has 2 aliphatic rings. The summed E-state index contributed by atoms with van der Waals surface area (Å²) in [6.07, 6.45) is 0. The number of carbonyl (C=O) groups is 2. The Balaban J connectivity index is 1.86. The van der Waals surface area contributed by atoms with Gasteiger partial charge in [-0.2, -0.15) is 0 Å². The second kappa shape index (κ2) is 8.23. The standard InChI is InChI=1S/C21H28N2O4/c1-14(2)16-4-6-17(7-5-16)19-18(15(3)24)20(25)21(26)23(19)9-8-22-10-12-27-13-11-22/h4-7,14,19,25H,8-13H2,1-3H3/p+1/t19-/m0/s1. The van der Waals surface area contributed by atoms with Crippen molar-refractivity contribution < 1.29 is 24.3 Å². The van der Waals surface area contributed by atoms with Crippen LogP contribution in [0.15, 0.2) is 35.6 Å². The van der Waals surface area contributed by atoms with Crippen LogP contribution in [0.25, 0.3) is 0 Å². The molecule has 146 valence electrons. The summed E-state index contributed by atoms with van der Waals surface area (Å²) in [5.41, 5.74) is 2.26. The van der Waals surface area contributed by atoms with Crippen molar-refractivity contribution in [3.05, 3.63) is 46.7 Å². The molecule has 6 heteroatoms. The molecule has 0 bridgehead atoms. The summed E-state index contributed by atoms with van der Waals surface area (Å²) in [5.74, 6) is -0.718. The molecule has 2 aliphatic heterocycles. The van der Waals surface area contributed by atoms with Crippen LogP contribution in [0.3, 0.4) is 0 Å². The minimum Gasteiger partial charge on any atom is -0.503 e. The molecule has 0 unspecified atom stereocenters. The summed E-state index contributed by atoms with van der Waals surface area (Å²) >= 11 is 0. The normalized spacial score (nSPS) is 21.4. The predicted molar refractivity (Wildman–Crippen MR) is 102 cm³/mol. The fourth-order valence-electron chi connectivity index (χ4n) is 3.84. The van der Waals surface area contributed by atoms with Gasteiger partial charge in [0.25, 0.3) is 5.91 Å². The van der Waals surface area contributed by atoms with Gasteiger partial charge < -0.3 is 19.6 Å². The van der Waals surface area contributed by atoms with Gasteiger partial charge >= 0.3 is 0 Å². The zero-order chi connectivity index (χ0) is 19.6. The maximum Gasteiger partial charge on any atom is 0.290 e. The lowest BCUT2D eigenvalue weighted by Crippen LogP contribution is -3.14. The van der Waals surface area contributed by atoms with E-state index < -0.39 is 17.7 Å². The van der Waals surface area contributed by atoms with Gasteiger partial charge in [-0.25, -0.2) is 0 Å². The number of benzene rings is 1. The smallest absolute Gasteiger partial charge is 0.290 e. The first-order chi connectivity index (χ1) is 12.9. The van der Waals surface area contributed by atoms with E-state index in [0.717, 1.165) is 38.4 Å². The number of Topliss-reactive ketones (excluding diaryl/α,β-unsaturated/α-hetero) is 1. The fraction of sp³-hybridized carbons (Fsp3) is 0.524. The fourth-order valence-corrected chi connectivity index (χ4v) is 3.84. The average molecular weight is 373 g/mol. The van der Waals surface area contributed by atoms with Crippen LogP contribution in [-0.2, 0) is 14.3 Å². The lowest BCUT2D eigenvalue weighted by molar-refractivity contribution is -0.907. The zero-order valence-electron chi connectivity index (χ0n) is 16.3. The molecule has 1 atom stereocenters. The van der Waals surface area contributed by atoms with E-state index in [2.05, 4.69) is 13.8 Å². The molecule has 0 spiro atoms. The first-order valence-electron chi connectivity index (χ1n) is 9.66. The Morgan fingerprint density at radius 3 is 2.44 bits per heavy atom. The third-order valence-corrected chi connectivity index (χ3v) is 5.51. The van der Waals surface area contributed by atoms with Gasteiger partial charge in [0.2, 0.25) is 0 Å². The molecule has 27 heavy (non-hydrogen) atoms. The molecule has 6 nitrogen and oxygen atoms in total. The highest BCUT2D eigenvalue weighted by Crippen LogP contribution is 2.37. The Morgan fingerprint density at radius 2 is 1.89 bits per heavy atom. The molecule has 0 saturated carbocycles. The average Bonchev–Trinajstić information content (AvgIpc) is 2.92. The number of ether oxygens (including phenoxy) is 1. The van der Waals surface area contributed by atoms with Crippen molar-refractivity contribution >= 4 is 11.7 Å². The minimum atomic E-state index is -0.517. The number of rotatable bonds is 6. The molecular weight excluding hydrogens is 344 g/mol. The quantitative estimate of drug-likeness (QED) is 0.781. The van der Waals surface area contributed by atoms with Gasteiger partial charge in [0.1, 0.15) is 13.1 Å².